The standard InChI is InChI=1S/C18H22N2O2/c1-13-4-5-14(2)20(13)17-8-6-16(7-9-17)18(21)19-10-11-22-15(3)12-19/h4-9,15H,10-12H2,1-3H3. The van der Waals surface area contributed by atoms with E-state index in [1.165, 1.54) is 11.4 Å². The van der Waals surface area contributed by atoms with E-state index in [2.05, 4.69) is 30.5 Å². The lowest BCUT2D eigenvalue weighted by Gasteiger charge is -2.31. The molecule has 1 amide bonds. The maximum Gasteiger partial charge on any atom is 0.254 e. The summed E-state index contributed by atoms with van der Waals surface area (Å²) in [5.41, 5.74) is 4.21. The second-order valence-corrected chi connectivity index (χ2v) is 5.93. The Labute approximate surface area is 131 Å². The minimum absolute atomic E-state index is 0.0858. The number of amides is 1. The number of hydrogen-bond donors (Lipinski definition) is 0. The van der Waals surface area contributed by atoms with Gasteiger partial charge in [0.15, 0.2) is 0 Å². The second kappa shape index (κ2) is 5.97. The zero-order valence-electron chi connectivity index (χ0n) is 13.4. The molecular weight excluding hydrogens is 276 g/mol. The van der Waals surface area contributed by atoms with Gasteiger partial charge in [-0.15, -0.1) is 0 Å². The first-order valence-electron chi connectivity index (χ1n) is 7.72. The fraction of sp³-hybridized carbons (Fsp3) is 0.389. The molecule has 116 valence electrons. The Bertz CT molecular complexity index is 653. The first kappa shape index (κ1) is 14.9. The van der Waals surface area contributed by atoms with Crippen molar-refractivity contribution in [2.75, 3.05) is 19.7 Å². The highest BCUT2D eigenvalue weighted by Crippen LogP contribution is 2.18. The van der Waals surface area contributed by atoms with Gasteiger partial charge in [-0.2, -0.15) is 0 Å². The van der Waals surface area contributed by atoms with Crippen molar-refractivity contribution in [2.45, 2.75) is 26.9 Å². The summed E-state index contributed by atoms with van der Waals surface area (Å²) in [4.78, 5) is 14.4. The molecule has 1 saturated heterocycles. The van der Waals surface area contributed by atoms with Gasteiger partial charge in [0, 0.05) is 35.7 Å². The number of hydrogen-bond acceptors (Lipinski definition) is 2. The van der Waals surface area contributed by atoms with Crippen LogP contribution in [0.4, 0.5) is 0 Å². The van der Waals surface area contributed by atoms with Crippen LogP contribution in [0.5, 0.6) is 0 Å². The van der Waals surface area contributed by atoms with Crippen molar-refractivity contribution in [1.29, 1.82) is 0 Å². The molecule has 1 atom stereocenters. The Kier molecular flexibility index (Phi) is 4.03. The molecular formula is C18H22N2O2. The van der Waals surface area contributed by atoms with E-state index in [9.17, 15) is 4.79 Å². The summed E-state index contributed by atoms with van der Waals surface area (Å²) in [6.07, 6.45) is 0.113. The summed E-state index contributed by atoms with van der Waals surface area (Å²) in [5.74, 6) is 0.0858. The van der Waals surface area contributed by atoms with Gasteiger partial charge in [-0.3, -0.25) is 4.79 Å². The Morgan fingerprint density at radius 3 is 2.32 bits per heavy atom. The van der Waals surface area contributed by atoms with Crippen LogP contribution in [0.15, 0.2) is 36.4 Å². The van der Waals surface area contributed by atoms with Gasteiger partial charge in [-0.1, -0.05) is 0 Å². The van der Waals surface area contributed by atoms with Crippen LogP contribution < -0.4 is 0 Å². The maximum absolute atomic E-state index is 12.5. The molecule has 1 aromatic carbocycles. The first-order valence-corrected chi connectivity index (χ1v) is 7.72. The number of aryl methyl sites for hydroxylation is 2. The molecule has 0 bridgehead atoms. The van der Waals surface area contributed by atoms with E-state index in [0.717, 1.165) is 11.3 Å². The van der Waals surface area contributed by atoms with Crippen LogP contribution in [-0.4, -0.2) is 41.2 Å². The molecule has 4 nitrogen and oxygen atoms in total. The van der Waals surface area contributed by atoms with Crippen molar-refractivity contribution in [3.8, 4) is 5.69 Å². The summed E-state index contributed by atoms with van der Waals surface area (Å²) >= 11 is 0. The molecule has 2 heterocycles. The Hall–Kier alpha value is -2.07. The lowest BCUT2D eigenvalue weighted by Crippen LogP contribution is -2.44. The summed E-state index contributed by atoms with van der Waals surface area (Å²) in [6, 6.07) is 12.1. The Balaban J connectivity index is 1.81. The molecule has 2 aromatic rings. The van der Waals surface area contributed by atoms with Crippen molar-refractivity contribution in [2.24, 2.45) is 0 Å². The van der Waals surface area contributed by atoms with Crippen molar-refractivity contribution < 1.29 is 9.53 Å². The van der Waals surface area contributed by atoms with Gasteiger partial charge in [-0.05, 0) is 57.2 Å². The van der Waals surface area contributed by atoms with Gasteiger partial charge in [0.05, 0.1) is 12.7 Å². The number of ether oxygens (including phenoxy) is 1. The third-order valence-corrected chi connectivity index (χ3v) is 4.17. The molecule has 22 heavy (non-hydrogen) atoms. The topological polar surface area (TPSA) is 34.5 Å². The lowest BCUT2D eigenvalue weighted by molar-refractivity contribution is -0.0124. The van der Waals surface area contributed by atoms with Crippen LogP contribution in [0.1, 0.15) is 28.7 Å². The van der Waals surface area contributed by atoms with Gasteiger partial charge in [0.2, 0.25) is 0 Å². The number of benzene rings is 1. The van der Waals surface area contributed by atoms with Gasteiger partial charge in [-0.25, -0.2) is 0 Å². The molecule has 1 unspecified atom stereocenters. The normalized spacial score (nSPS) is 18.5. The van der Waals surface area contributed by atoms with E-state index < -0.39 is 0 Å². The monoisotopic (exact) mass is 298 g/mol. The highest BCUT2D eigenvalue weighted by atomic mass is 16.5. The highest BCUT2D eigenvalue weighted by molar-refractivity contribution is 5.94. The summed E-state index contributed by atoms with van der Waals surface area (Å²) < 4.78 is 7.68. The number of morpholine rings is 1. The SMILES string of the molecule is Cc1ccc(C)n1-c1ccc(C(=O)N2CCOC(C)C2)cc1. The van der Waals surface area contributed by atoms with Crippen molar-refractivity contribution in [3.63, 3.8) is 0 Å². The predicted molar refractivity (Wildman–Crippen MR) is 86.6 cm³/mol. The Morgan fingerprint density at radius 1 is 1.09 bits per heavy atom. The number of carbonyl (C=O) groups is 1. The van der Waals surface area contributed by atoms with Crippen LogP contribution in [-0.2, 0) is 4.74 Å². The van der Waals surface area contributed by atoms with Crippen molar-refractivity contribution in [3.05, 3.63) is 53.3 Å². The van der Waals surface area contributed by atoms with E-state index in [4.69, 9.17) is 4.74 Å². The molecule has 0 spiro atoms. The molecule has 0 radical (unpaired) electrons. The van der Waals surface area contributed by atoms with Crippen LogP contribution >= 0.6 is 0 Å². The highest BCUT2D eigenvalue weighted by Gasteiger charge is 2.22. The molecule has 4 heteroatoms. The average Bonchev–Trinajstić information content (AvgIpc) is 2.86. The van der Waals surface area contributed by atoms with Crippen LogP contribution in [0, 0.1) is 13.8 Å². The average molecular weight is 298 g/mol. The predicted octanol–water partition coefficient (Wildman–Crippen LogP) is 2.96. The summed E-state index contributed by atoms with van der Waals surface area (Å²) in [6.45, 7) is 8.12. The number of nitrogens with zero attached hydrogens (tertiary/aromatic N) is 2. The zero-order chi connectivity index (χ0) is 15.7. The van der Waals surface area contributed by atoms with Gasteiger partial charge >= 0.3 is 0 Å². The Morgan fingerprint density at radius 2 is 1.73 bits per heavy atom. The quantitative estimate of drug-likeness (QED) is 0.854. The molecule has 1 aromatic heterocycles. The third kappa shape index (κ3) is 2.79. The second-order valence-electron chi connectivity index (χ2n) is 5.93. The van der Waals surface area contributed by atoms with Crippen LogP contribution in [0.3, 0.4) is 0 Å². The molecule has 1 fully saturated rings. The fourth-order valence-corrected chi connectivity index (χ4v) is 3.01. The van der Waals surface area contributed by atoms with Crippen LogP contribution in [0.2, 0.25) is 0 Å². The minimum atomic E-state index is 0.0858. The van der Waals surface area contributed by atoms with Crippen molar-refractivity contribution >= 4 is 5.91 Å². The zero-order valence-corrected chi connectivity index (χ0v) is 13.4. The molecule has 3 rings (SSSR count). The van der Waals surface area contributed by atoms with E-state index in [1.807, 2.05) is 36.1 Å². The smallest absolute Gasteiger partial charge is 0.254 e. The van der Waals surface area contributed by atoms with E-state index >= 15 is 0 Å². The number of rotatable bonds is 2. The molecule has 0 saturated carbocycles. The summed E-state index contributed by atoms with van der Waals surface area (Å²) in [5, 5.41) is 0. The van der Waals surface area contributed by atoms with Gasteiger partial charge in [0.1, 0.15) is 0 Å². The van der Waals surface area contributed by atoms with E-state index in [-0.39, 0.29) is 12.0 Å². The lowest BCUT2D eigenvalue weighted by atomic mass is 10.1. The van der Waals surface area contributed by atoms with Gasteiger partial charge < -0.3 is 14.2 Å². The van der Waals surface area contributed by atoms with Crippen LogP contribution in [0.25, 0.3) is 5.69 Å². The number of carbonyl (C=O) groups excluding carboxylic acids is 1. The van der Waals surface area contributed by atoms with Gasteiger partial charge in [0.25, 0.3) is 5.91 Å². The fourth-order valence-electron chi connectivity index (χ4n) is 3.01. The molecule has 0 N–H and O–H groups in total. The minimum Gasteiger partial charge on any atom is -0.375 e. The number of aromatic nitrogens is 1. The third-order valence-electron chi connectivity index (χ3n) is 4.17. The van der Waals surface area contributed by atoms with E-state index in [0.29, 0.717) is 19.7 Å². The molecule has 0 aliphatic carbocycles. The first-order chi connectivity index (χ1) is 10.6. The molecule has 1 aliphatic heterocycles. The maximum atomic E-state index is 12.5. The van der Waals surface area contributed by atoms with E-state index in [1.54, 1.807) is 0 Å². The molecule has 1 aliphatic rings. The largest absolute Gasteiger partial charge is 0.375 e. The summed E-state index contributed by atoms with van der Waals surface area (Å²) in [7, 11) is 0. The van der Waals surface area contributed by atoms with Crippen molar-refractivity contribution in [1.82, 2.24) is 9.47 Å².